The Hall–Kier alpha value is -2.43. The van der Waals surface area contributed by atoms with E-state index in [1.165, 1.54) is 4.88 Å². The maximum atomic E-state index is 12.3. The maximum Gasteiger partial charge on any atom is 0.405 e. The quantitative estimate of drug-likeness (QED) is 0.762. The van der Waals surface area contributed by atoms with E-state index in [9.17, 15) is 22.8 Å². The first-order valence-corrected chi connectivity index (χ1v) is 10.0. The van der Waals surface area contributed by atoms with Crippen LogP contribution in [0.25, 0.3) is 10.2 Å². The number of piperidine rings is 1. The number of aryl methyl sites for hydroxylation is 2. The zero-order valence-corrected chi connectivity index (χ0v) is 16.9. The van der Waals surface area contributed by atoms with Crippen molar-refractivity contribution in [3.63, 3.8) is 0 Å². The van der Waals surface area contributed by atoms with Crippen LogP contribution >= 0.6 is 11.3 Å². The van der Waals surface area contributed by atoms with E-state index in [0.717, 1.165) is 21.6 Å². The molecule has 11 heteroatoms. The van der Waals surface area contributed by atoms with E-state index in [2.05, 4.69) is 20.2 Å². The fourth-order valence-electron chi connectivity index (χ4n) is 3.33. The van der Waals surface area contributed by atoms with Gasteiger partial charge < -0.3 is 15.5 Å². The monoisotopic (exact) mass is 429 g/mol. The van der Waals surface area contributed by atoms with Crippen molar-refractivity contribution in [2.45, 2.75) is 32.9 Å². The van der Waals surface area contributed by atoms with Crippen LogP contribution in [0.3, 0.4) is 0 Å². The number of amides is 2. The van der Waals surface area contributed by atoms with Gasteiger partial charge in [0.15, 0.2) is 0 Å². The van der Waals surface area contributed by atoms with Crippen LogP contribution in [-0.2, 0) is 9.59 Å². The van der Waals surface area contributed by atoms with Crippen molar-refractivity contribution >= 4 is 39.2 Å². The van der Waals surface area contributed by atoms with Crippen molar-refractivity contribution in [3.8, 4) is 0 Å². The molecule has 0 aromatic carbocycles. The summed E-state index contributed by atoms with van der Waals surface area (Å²) in [6, 6.07) is 0. The molecule has 0 atom stereocenters. The maximum absolute atomic E-state index is 12.3. The van der Waals surface area contributed by atoms with E-state index in [-0.39, 0.29) is 11.8 Å². The predicted octanol–water partition coefficient (Wildman–Crippen LogP) is 2.32. The van der Waals surface area contributed by atoms with Crippen molar-refractivity contribution in [2.24, 2.45) is 5.92 Å². The second-order valence-electron chi connectivity index (χ2n) is 7.03. The molecular weight excluding hydrogens is 407 g/mol. The average Bonchev–Trinajstić information content (AvgIpc) is 2.98. The Kier molecular flexibility index (Phi) is 6.25. The minimum atomic E-state index is -4.47. The molecule has 0 aliphatic carbocycles. The highest BCUT2D eigenvalue weighted by Crippen LogP contribution is 2.35. The Morgan fingerprint density at radius 1 is 1.21 bits per heavy atom. The van der Waals surface area contributed by atoms with E-state index < -0.39 is 25.2 Å². The Bertz CT molecular complexity index is 907. The van der Waals surface area contributed by atoms with Crippen LogP contribution in [0.2, 0.25) is 0 Å². The van der Waals surface area contributed by atoms with Gasteiger partial charge in [-0.25, -0.2) is 9.97 Å². The second-order valence-corrected chi connectivity index (χ2v) is 8.23. The third-order valence-corrected chi connectivity index (χ3v) is 6.14. The molecule has 2 aromatic rings. The van der Waals surface area contributed by atoms with Gasteiger partial charge in [0, 0.05) is 23.9 Å². The Labute approximate surface area is 169 Å². The molecule has 0 bridgehead atoms. The molecule has 0 unspecified atom stereocenters. The molecule has 2 amide bonds. The van der Waals surface area contributed by atoms with Crippen LogP contribution in [0.1, 0.15) is 23.3 Å². The summed E-state index contributed by atoms with van der Waals surface area (Å²) in [6.45, 7) is 3.47. The van der Waals surface area contributed by atoms with E-state index in [1.54, 1.807) is 23.0 Å². The van der Waals surface area contributed by atoms with Crippen LogP contribution in [0.5, 0.6) is 0 Å². The van der Waals surface area contributed by atoms with Crippen molar-refractivity contribution in [1.82, 2.24) is 20.6 Å². The predicted molar refractivity (Wildman–Crippen MR) is 104 cm³/mol. The number of alkyl halides is 3. The van der Waals surface area contributed by atoms with Crippen LogP contribution in [0.15, 0.2) is 6.33 Å². The van der Waals surface area contributed by atoms with Crippen LogP contribution in [0.4, 0.5) is 19.0 Å². The molecule has 1 aliphatic heterocycles. The van der Waals surface area contributed by atoms with Crippen LogP contribution in [0, 0.1) is 19.8 Å². The number of carbonyl (C=O) groups excluding carboxylic acids is 2. The molecule has 0 saturated carbocycles. The Morgan fingerprint density at radius 2 is 1.90 bits per heavy atom. The first-order valence-electron chi connectivity index (χ1n) is 9.22. The highest BCUT2D eigenvalue weighted by atomic mass is 32.1. The number of rotatable bonds is 5. The standard InChI is InChI=1S/C18H22F3N5O2S/c1-10-11(2)29-17-14(10)15(24-9-25-17)26-5-3-12(4-6-26)16(28)22-7-13(27)23-8-18(19,20)21/h9,12H,3-8H2,1-2H3,(H,22,28)(H,23,27). The smallest absolute Gasteiger partial charge is 0.356 e. The molecule has 2 aromatic heterocycles. The third kappa shape index (κ3) is 5.14. The van der Waals surface area contributed by atoms with Crippen molar-refractivity contribution in [3.05, 3.63) is 16.8 Å². The molecule has 3 rings (SSSR count). The Balaban J connectivity index is 1.53. The van der Waals surface area contributed by atoms with Crippen LogP contribution < -0.4 is 15.5 Å². The second kappa shape index (κ2) is 8.52. The van der Waals surface area contributed by atoms with Gasteiger partial charge in [0.1, 0.15) is 23.5 Å². The molecule has 3 heterocycles. The zero-order valence-electron chi connectivity index (χ0n) is 16.1. The molecule has 0 spiro atoms. The minimum Gasteiger partial charge on any atom is -0.356 e. The molecule has 1 fully saturated rings. The first kappa shape index (κ1) is 21.3. The summed E-state index contributed by atoms with van der Waals surface area (Å²) in [4.78, 5) is 36.7. The van der Waals surface area contributed by atoms with Gasteiger partial charge in [0.2, 0.25) is 11.8 Å². The first-order chi connectivity index (χ1) is 13.7. The van der Waals surface area contributed by atoms with Gasteiger partial charge in [-0.15, -0.1) is 11.3 Å². The SMILES string of the molecule is Cc1sc2ncnc(N3CCC(C(=O)NCC(=O)NCC(F)(F)F)CC3)c2c1C. The fourth-order valence-corrected chi connectivity index (χ4v) is 4.32. The molecule has 0 radical (unpaired) electrons. The number of hydrogen-bond acceptors (Lipinski definition) is 6. The highest BCUT2D eigenvalue weighted by molar-refractivity contribution is 7.18. The summed E-state index contributed by atoms with van der Waals surface area (Å²) < 4.78 is 36.3. The topological polar surface area (TPSA) is 87.2 Å². The molecule has 1 saturated heterocycles. The lowest BCUT2D eigenvalue weighted by Gasteiger charge is -2.32. The largest absolute Gasteiger partial charge is 0.405 e. The summed E-state index contributed by atoms with van der Waals surface area (Å²) in [7, 11) is 0. The molecule has 29 heavy (non-hydrogen) atoms. The lowest BCUT2D eigenvalue weighted by atomic mass is 9.95. The number of carbonyl (C=O) groups is 2. The number of nitrogens with zero attached hydrogens (tertiary/aromatic N) is 3. The lowest BCUT2D eigenvalue weighted by Crippen LogP contribution is -2.45. The van der Waals surface area contributed by atoms with Crippen molar-refractivity contribution in [2.75, 3.05) is 31.1 Å². The number of fused-ring (bicyclic) bond motifs is 1. The molecule has 7 nitrogen and oxygen atoms in total. The van der Waals surface area contributed by atoms with E-state index in [0.29, 0.717) is 25.9 Å². The summed E-state index contributed by atoms with van der Waals surface area (Å²) in [5.74, 6) is -0.603. The number of nitrogens with one attached hydrogen (secondary N) is 2. The van der Waals surface area contributed by atoms with E-state index >= 15 is 0 Å². The molecular formula is C18H22F3N5O2S. The number of thiophene rings is 1. The number of hydrogen-bond donors (Lipinski definition) is 2. The zero-order chi connectivity index (χ0) is 21.2. The van der Waals surface area contributed by atoms with Crippen molar-refractivity contribution in [1.29, 1.82) is 0 Å². The normalized spacial score (nSPS) is 15.6. The molecule has 158 valence electrons. The summed E-state index contributed by atoms with van der Waals surface area (Å²) >= 11 is 1.63. The van der Waals surface area contributed by atoms with Gasteiger partial charge in [-0.1, -0.05) is 0 Å². The van der Waals surface area contributed by atoms with Crippen LogP contribution in [-0.4, -0.2) is 54.1 Å². The molecule has 1 aliphatic rings. The van der Waals surface area contributed by atoms with E-state index in [1.807, 2.05) is 13.8 Å². The lowest BCUT2D eigenvalue weighted by molar-refractivity contribution is -0.138. The van der Waals surface area contributed by atoms with Gasteiger partial charge in [-0.2, -0.15) is 13.2 Å². The highest BCUT2D eigenvalue weighted by Gasteiger charge is 2.29. The fraction of sp³-hybridized carbons (Fsp3) is 0.556. The minimum absolute atomic E-state index is 0.288. The van der Waals surface area contributed by atoms with Gasteiger partial charge in [-0.3, -0.25) is 9.59 Å². The summed E-state index contributed by atoms with van der Waals surface area (Å²) in [5.41, 5.74) is 1.16. The van der Waals surface area contributed by atoms with Gasteiger partial charge in [0.05, 0.1) is 11.9 Å². The van der Waals surface area contributed by atoms with Crippen molar-refractivity contribution < 1.29 is 22.8 Å². The molecule has 2 N–H and O–H groups in total. The summed E-state index contributed by atoms with van der Waals surface area (Å²) in [6.07, 6.45) is -1.78. The van der Waals surface area contributed by atoms with E-state index in [4.69, 9.17) is 0 Å². The van der Waals surface area contributed by atoms with Gasteiger partial charge in [-0.05, 0) is 32.3 Å². The number of anilines is 1. The number of halogens is 3. The third-order valence-electron chi connectivity index (χ3n) is 5.02. The average molecular weight is 429 g/mol. The Morgan fingerprint density at radius 3 is 2.55 bits per heavy atom. The summed E-state index contributed by atoms with van der Waals surface area (Å²) in [5, 5.41) is 5.20. The van der Waals surface area contributed by atoms with Gasteiger partial charge >= 0.3 is 6.18 Å². The van der Waals surface area contributed by atoms with Gasteiger partial charge in [0.25, 0.3) is 0 Å². The number of aromatic nitrogens is 2.